The molecule has 0 spiro atoms. The minimum atomic E-state index is 0.352. The van der Waals surface area contributed by atoms with E-state index in [0.29, 0.717) is 11.9 Å². The van der Waals surface area contributed by atoms with E-state index in [1.54, 1.807) is 0 Å². The second-order valence-corrected chi connectivity index (χ2v) is 6.56. The predicted octanol–water partition coefficient (Wildman–Crippen LogP) is 2.93. The molecule has 0 aromatic carbocycles. The van der Waals surface area contributed by atoms with Crippen molar-refractivity contribution in [2.24, 2.45) is 17.8 Å². The van der Waals surface area contributed by atoms with Crippen LogP contribution in [0.25, 0.3) is 0 Å². The van der Waals surface area contributed by atoms with Gasteiger partial charge in [0, 0.05) is 11.9 Å². The molecule has 2 heteroatoms. The Morgan fingerprint density at radius 2 is 2.21 bits per heavy atom. The molecule has 0 heterocycles. The van der Waals surface area contributed by atoms with Gasteiger partial charge in [-0.25, -0.2) is 0 Å². The van der Waals surface area contributed by atoms with Gasteiger partial charge in [0.1, 0.15) is 0 Å². The van der Waals surface area contributed by atoms with E-state index in [1.807, 2.05) is 0 Å². The Hall–Kier alpha value is 0.310. The highest BCUT2D eigenvalue weighted by Gasteiger charge is 2.39. The Morgan fingerprint density at radius 3 is 2.79 bits per heavy atom. The van der Waals surface area contributed by atoms with Gasteiger partial charge in [0.25, 0.3) is 0 Å². The molecule has 2 aliphatic carbocycles. The van der Waals surface area contributed by atoms with Gasteiger partial charge in [-0.05, 0) is 49.2 Å². The minimum absolute atomic E-state index is 0.352. The highest BCUT2D eigenvalue weighted by atomic mass is 32.2. The topological polar surface area (TPSA) is 20.2 Å². The molecule has 2 bridgehead atoms. The summed E-state index contributed by atoms with van der Waals surface area (Å²) in [5.74, 6) is 4.51. The molecule has 4 unspecified atom stereocenters. The van der Waals surface area contributed by atoms with Gasteiger partial charge in [-0.1, -0.05) is 13.3 Å². The molecule has 0 aliphatic heterocycles. The second-order valence-electron chi connectivity index (χ2n) is 5.09. The highest BCUT2D eigenvalue weighted by molar-refractivity contribution is 7.99. The number of hydrogen-bond donors (Lipinski definition) is 1. The zero-order valence-corrected chi connectivity index (χ0v) is 9.93. The van der Waals surface area contributed by atoms with Gasteiger partial charge >= 0.3 is 0 Å². The zero-order valence-electron chi connectivity index (χ0n) is 9.11. The van der Waals surface area contributed by atoms with Crippen LogP contribution in [0.2, 0.25) is 0 Å². The fourth-order valence-corrected chi connectivity index (χ4v) is 4.39. The van der Waals surface area contributed by atoms with Crippen molar-refractivity contribution in [1.29, 1.82) is 0 Å². The summed E-state index contributed by atoms with van der Waals surface area (Å²) < 4.78 is 0. The first-order valence-electron chi connectivity index (χ1n) is 6.02. The Bertz CT molecular complexity index is 183. The van der Waals surface area contributed by atoms with E-state index < -0.39 is 0 Å². The summed E-state index contributed by atoms with van der Waals surface area (Å²) in [4.78, 5) is 0. The lowest BCUT2D eigenvalue weighted by atomic mass is 9.90. The van der Waals surface area contributed by atoms with E-state index in [-0.39, 0.29) is 0 Å². The molecule has 0 aromatic rings. The molecule has 0 aromatic heterocycles. The van der Waals surface area contributed by atoms with Crippen molar-refractivity contribution in [3.05, 3.63) is 0 Å². The number of aliphatic hydroxyl groups excluding tert-OH is 1. The number of aliphatic hydroxyl groups is 1. The normalized spacial score (nSPS) is 37.7. The number of fused-ring (bicyclic) bond motifs is 2. The summed E-state index contributed by atoms with van der Waals surface area (Å²) in [5.41, 5.74) is 0. The average molecular weight is 214 g/mol. The molecule has 2 rings (SSSR count). The van der Waals surface area contributed by atoms with E-state index in [9.17, 15) is 0 Å². The van der Waals surface area contributed by atoms with Crippen LogP contribution in [-0.2, 0) is 0 Å². The van der Waals surface area contributed by atoms with Gasteiger partial charge in [0.05, 0.1) is 0 Å². The minimum Gasteiger partial charge on any atom is -0.396 e. The first-order chi connectivity index (χ1) is 6.79. The maximum atomic E-state index is 8.82. The van der Waals surface area contributed by atoms with Gasteiger partial charge in [-0.3, -0.25) is 0 Å². The molecule has 82 valence electrons. The SMILES string of the molecule is CC(CCO)SCC1CC2CCC1C2. The molecule has 14 heavy (non-hydrogen) atoms. The second kappa shape index (κ2) is 4.89. The van der Waals surface area contributed by atoms with Crippen molar-refractivity contribution < 1.29 is 5.11 Å². The van der Waals surface area contributed by atoms with Crippen LogP contribution in [0.5, 0.6) is 0 Å². The lowest BCUT2D eigenvalue weighted by Crippen LogP contribution is -2.14. The molecular weight excluding hydrogens is 192 g/mol. The standard InChI is InChI=1S/C12H22OS/c1-9(4-5-13)14-8-12-7-10-2-3-11(12)6-10/h9-13H,2-8H2,1H3. The van der Waals surface area contributed by atoms with Crippen LogP contribution in [-0.4, -0.2) is 22.7 Å². The smallest absolute Gasteiger partial charge is 0.0441 e. The molecule has 0 radical (unpaired) electrons. The van der Waals surface area contributed by atoms with Crippen LogP contribution < -0.4 is 0 Å². The summed E-state index contributed by atoms with van der Waals surface area (Å²) in [5, 5.41) is 9.47. The monoisotopic (exact) mass is 214 g/mol. The fourth-order valence-electron chi connectivity index (χ4n) is 3.13. The van der Waals surface area contributed by atoms with Crippen LogP contribution >= 0.6 is 11.8 Å². The third kappa shape index (κ3) is 2.46. The summed E-state index contributed by atoms with van der Waals surface area (Å²) in [7, 11) is 0. The molecule has 0 amide bonds. The molecule has 2 fully saturated rings. The first-order valence-corrected chi connectivity index (χ1v) is 7.07. The summed E-state index contributed by atoms with van der Waals surface area (Å²) in [6.45, 7) is 2.60. The summed E-state index contributed by atoms with van der Waals surface area (Å²) >= 11 is 2.08. The van der Waals surface area contributed by atoms with Gasteiger partial charge in [-0.15, -0.1) is 0 Å². The van der Waals surface area contributed by atoms with E-state index in [0.717, 1.165) is 24.2 Å². The van der Waals surface area contributed by atoms with Crippen LogP contribution in [0.4, 0.5) is 0 Å². The lowest BCUT2D eigenvalue weighted by Gasteiger charge is -2.22. The summed E-state index contributed by atoms with van der Waals surface area (Å²) in [6, 6.07) is 0. The van der Waals surface area contributed by atoms with Gasteiger partial charge in [-0.2, -0.15) is 11.8 Å². The Kier molecular flexibility index (Phi) is 3.78. The van der Waals surface area contributed by atoms with Crippen molar-refractivity contribution in [3.63, 3.8) is 0 Å². The molecule has 1 N–H and O–H groups in total. The molecule has 0 saturated heterocycles. The molecule has 1 nitrogen and oxygen atoms in total. The van der Waals surface area contributed by atoms with E-state index in [2.05, 4.69) is 18.7 Å². The van der Waals surface area contributed by atoms with Crippen LogP contribution in [0.3, 0.4) is 0 Å². The largest absolute Gasteiger partial charge is 0.396 e. The van der Waals surface area contributed by atoms with Crippen molar-refractivity contribution in [1.82, 2.24) is 0 Å². The predicted molar refractivity (Wildman–Crippen MR) is 62.6 cm³/mol. The average Bonchev–Trinajstić information content (AvgIpc) is 2.76. The molecular formula is C12H22OS. The fraction of sp³-hybridized carbons (Fsp3) is 1.00. The van der Waals surface area contributed by atoms with Gasteiger partial charge < -0.3 is 5.11 Å². The van der Waals surface area contributed by atoms with Crippen LogP contribution in [0.1, 0.15) is 39.0 Å². The van der Waals surface area contributed by atoms with E-state index in [4.69, 9.17) is 5.11 Å². The first kappa shape index (κ1) is 10.8. The highest BCUT2D eigenvalue weighted by Crippen LogP contribution is 2.49. The lowest BCUT2D eigenvalue weighted by molar-refractivity contribution is 0.288. The van der Waals surface area contributed by atoms with Crippen molar-refractivity contribution in [2.75, 3.05) is 12.4 Å². The van der Waals surface area contributed by atoms with Crippen LogP contribution in [0.15, 0.2) is 0 Å². The maximum absolute atomic E-state index is 8.82. The third-order valence-electron chi connectivity index (χ3n) is 4.01. The Balaban J connectivity index is 1.66. The number of rotatable bonds is 5. The quantitative estimate of drug-likeness (QED) is 0.759. The Labute approximate surface area is 91.7 Å². The molecule has 2 aliphatic rings. The maximum Gasteiger partial charge on any atom is 0.0441 e. The molecule has 4 atom stereocenters. The van der Waals surface area contributed by atoms with Crippen molar-refractivity contribution >= 4 is 11.8 Å². The zero-order chi connectivity index (χ0) is 9.97. The van der Waals surface area contributed by atoms with Crippen LogP contribution in [0, 0.1) is 17.8 Å². The Morgan fingerprint density at radius 1 is 1.36 bits per heavy atom. The van der Waals surface area contributed by atoms with Gasteiger partial charge in [0.15, 0.2) is 0 Å². The number of thioether (sulfide) groups is 1. The van der Waals surface area contributed by atoms with E-state index >= 15 is 0 Å². The number of hydrogen-bond acceptors (Lipinski definition) is 2. The molecule has 2 saturated carbocycles. The third-order valence-corrected chi connectivity index (χ3v) is 5.44. The van der Waals surface area contributed by atoms with E-state index in [1.165, 1.54) is 31.4 Å². The summed E-state index contributed by atoms with van der Waals surface area (Å²) in [6.07, 6.45) is 7.01. The van der Waals surface area contributed by atoms with Gasteiger partial charge in [0.2, 0.25) is 0 Å². The van der Waals surface area contributed by atoms with Crippen molar-refractivity contribution in [3.8, 4) is 0 Å². The van der Waals surface area contributed by atoms with Crippen molar-refractivity contribution in [2.45, 2.75) is 44.3 Å².